The van der Waals surface area contributed by atoms with Gasteiger partial charge in [0.25, 0.3) is 0 Å². The maximum Gasteiger partial charge on any atom is 0.0700 e. The summed E-state index contributed by atoms with van der Waals surface area (Å²) < 4.78 is 0. The van der Waals surface area contributed by atoms with Gasteiger partial charge in [-0.3, -0.25) is 4.90 Å². The minimum Gasteiger partial charge on any atom is -0.399 e. The molecule has 1 aliphatic heterocycles. The molecule has 1 aromatic carbocycles. The van der Waals surface area contributed by atoms with Gasteiger partial charge in [-0.25, -0.2) is 0 Å². The number of rotatable bonds is 1. The number of hydrogen-bond acceptors (Lipinski definition) is 3. The second-order valence-corrected chi connectivity index (χ2v) is 7.30. The van der Waals surface area contributed by atoms with Crippen LogP contribution < -0.4 is 5.73 Å². The maximum absolute atomic E-state index is 10.8. The molecule has 114 valence electrons. The highest BCUT2D eigenvalue weighted by Crippen LogP contribution is 2.44. The SMILES string of the molecule is Nc1ccc2c(c1)CCC2N1CCC2(O)CCCCC2C1. The van der Waals surface area contributed by atoms with Crippen LogP contribution in [-0.2, 0) is 6.42 Å². The van der Waals surface area contributed by atoms with E-state index >= 15 is 0 Å². The van der Waals surface area contributed by atoms with Gasteiger partial charge in [0, 0.05) is 30.7 Å². The Bertz CT molecular complexity index is 544. The first-order valence-corrected chi connectivity index (χ1v) is 8.50. The van der Waals surface area contributed by atoms with Crippen LogP contribution in [0.2, 0.25) is 0 Å². The van der Waals surface area contributed by atoms with Crippen molar-refractivity contribution in [1.82, 2.24) is 4.90 Å². The number of nitrogens with two attached hydrogens (primary N) is 1. The number of aliphatic hydroxyl groups is 1. The van der Waals surface area contributed by atoms with Gasteiger partial charge in [0.05, 0.1) is 5.60 Å². The monoisotopic (exact) mass is 286 g/mol. The zero-order valence-corrected chi connectivity index (χ0v) is 12.7. The highest BCUT2D eigenvalue weighted by molar-refractivity contribution is 5.47. The minimum atomic E-state index is -0.364. The molecule has 0 spiro atoms. The van der Waals surface area contributed by atoms with E-state index in [0.717, 1.165) is 38.0 Å². The predicted octanol–water partition coefficient (Wildman–Crippen LogP) is 2.88. The Balaban J connectivity index is 1.54. The highest BCUT2D eigenvalue weighted by Gasteiger charge is 2.44. The van der Waals surface area contributed by atoms with E-state index in [0.29, 0.717) is 12.0 Å². The fourth-order valence-electron chi connectivity index (χ4n) is 4.87. The van der Waals surface area contributed by atoms with E-state index in [9.17, 15) is 5.11 Å². The quantitative estimate of drug-likeness (QED) is 0.781. The summed E-state index contributed by atoms with van der Waals surface area (Å²) in [7, 11) is 0. The van der Waals surface area contributed by atoms with Crippen molar-refractivity contribution in [3.63, 3.8) is 0 Å². The molecular formula is C18H26N2O. The average molecular weight is 286 g/mol. The lowest BCUT2D eigenvalue weighted by Crippen LogP contribution is -2.53. The smallest absolute Gasteiger partial charge is 0.0700 e. The second-order valence-electron chi connectivity index (χ2n) is 7.30. The Labute approximate surface area is 127 Å². The van der Waals surface area contributed by atoms with Gasteiger partial charge in [0.2, 0.25) is 0 Å². The normalized spacial score (nSPS) is 36.2. The summed E-state index contributed by atoms with van der Waals surface area (Å²) >= 11 is 0. The molecule has 3 nitrogen and oxygen atoms in total. The molecule has 0 aromatic heterocycles. The molecule has 3 aliphatic rings. The largest absolute Gasteiger partial charge is 0.399 e. The van der Waals surface area contributed by atoms with Crippen molar-refractivity contribution in [3.8, 4) is 0 Å². The summed E-state index contributed by atoms with van der Waals surface area (Å²) in [5, 5.41) is 10.8. The van der Waals surface area contributed by atoms with Crippen LogP contribution in [0.25, 0.3) is 0 Å². The van der Waals surface area contributed by atoms with Crippen LogP contribution in [0.3, 0.4) is 0 Å². The third-order valence-corrected chi connectivity index (χ3v) is 6.11. The van der Waals surface area contributed by atoms with Crippen molar-refractivity contribution in [2.24, 2.45) is 5.92 Å². The van der Waals surface area contributed by atoms with Crippen LogP contribution in [0, 0.1) is 5.92 Å². The number of nitrogens with zero attached hydrogens (tertiary/aromatic N) is 1. The lowest BCUT2D eigenvalue weighted by Gasteiger charge is -2.49. The second kappa shape index (κ2) is 4.99. The fraction of sp³-hybridized carbons (Fsp3) is 0.667. The van der Waals surface area contributed by atoms with E-state index in [4.69, 9.17) is 5.73 Å². The van der Waals surface area contributed by atoms with Crippen LogP contribution in [0.4, 0.5) is 5.69 Å². The highest BCUT2D eigenvalue weighted by atomic mass is 16.3. The Morgan fingerprint density at radius 2 is 2.10 bits per heavy atom. The predicted molar refractivity (Wildman–Crippen MR) is 85.0 cm³/mol. The van der Waals surface area contributed by atoms with Gasteiger partial charge in [0.15, 0.2) is 0 Å². The molecule has 4 rings (SSSR count). The van der Waals surface area contributed by atoms with Crippen molar-refractivity contribution in [2.75, 3.05) is 18.8 Å². The molecule has 3 unspecified atom stereocenters. The molecule has 3 atom stereocenters. The van der Waals surface area contributed by atoms with E-state index in [1.165, 1.54) is 36.8 Å². The molecule has 0 amide bonds. The molecular weight excluding hydrogens is 260 g/mol. The third-order valence-electron chi connectivity index (χ3n) is 6.11. The zero-order valence-electron chi connectivity index (χ0n) is 12.7. The number of likely N-dealkylation sites (tertiary alicyclic amines) is 1. The number of aryl methyl sites for hydroxylation is 1. The molecule has 3 N–H and O–H groups in total. The first-order valence-electron chi connectivity index (χ1n) is 8.50. The van der Waals surface area contributed by atoms with Crippen LogP contribution in [0.5, 0.6) is 0 Å². The van der Waals surface area contributed by atoms with E-state index in [1.54, 1.807) is 0 Å². The molecule has 21 heavy (non-hydrogen) atoms. The number of fused-ring (bicyclic) bond motifs is 2. The van der Waals surface area contributed by atoms with Crippen LogP contribution in [-0.4, -0.2) is 28.7 Å². The molecule has 1 saturated heterocycles. The summed E-state index contributed by atoms with van der Waals surface area (Å²) in [6.07, 6.45) is 8.04. The Hall–Kier alpha value is -1.06. The van der Waals surface area contributed by atoms with E-state index in [1.807, 2.05) is 6.07 Å². The first kappa shape index (κ1) is 13.6. The van der Waals surface area contributed by atoms with Gasteiger partial charge in [-0.15, -0.1) is 0 Å². The Kier molecular flexibility index (Phi) is 3.23. The Morgan fingerprint density at radius 3 is 3.00 bits per heavy atom. The minimum absolute atomic E-state index is 0.364. The van der Waals surface area contributed by atoms with Gasteiger partial charge in [-0.05, 0) is 55.4 Å². The number of anilines is 1. The van der Waals surface area contributed by atoms with Crippen LogP contribution in [0.15, 0.2) is 18.2 Å². The number of nitrogen functional groups attached to an aromatic ring is 1. The molecule has 3 heteroatoms. The lowest BCUT2D eigenvalue weighted by atomic mass is 9.71. The standard InChI is InChI=1S/C18H26N2O/c19-15-5-6-16-13(11-15)4-7-17(16)20-10-9-18(21)8-2-1-3-14(18)12-20/h5-6,11,14,17,21H,1-4,7-10,12,19H2. The average Bonchev–Trinajstić information content (AvgIpc) is 2.89. The molecule has 2 aliphatic carbocycles. The molecule has 1 saturated carbocycles. The molecule has 0 radical (unpaired) electrons. The van der Waals surface area contributed by atoms with Crippen molar-refractivity contribution in [1.29, 1.82) is 0 Å². The van der Waals surface area contributed by atoms with E-state index < -0.39 is 0 Å². The fourth-order valence-corrected chi connectivity index (χ4v) is 4.87. The molecule has 1 aromatic rings. The third kappa shape index (κ3) is 2.27. The van der Waals surface area contributed by atoms with Crippen molar-refractivity contribution in [3.05, 3.63) is 29.3 Å². The van der Waals surface area contributed by atoms with Crippen molar-refractivity contribution < 1.29 is 5.11 Å². The van der Waals surface area contributed by atoms with Crippen LogP contribution >= 0.6 is 0 Å². The molecule has 0 bridgehead atoms. The van der Waals surface area contributed by atoms with Gasteiger partial charge in [-0.1, -0.05) is 18.9 Å². The van der Waals surface area contributed by atoms with Crippen molar-refractivity contribution >= 4 is 5.69 Å². The summed E-state index contributed by atoms with van der Waals surface area (Å²) in [4.78, 5) is 2.63. The van der Waals surface area contributed by atoms with E-state index in [2.05, 4.69) is 17.0 Å². The lowest BCUT2D eigenvalue weighted by molar-refractivity contribution is -0.103. The maximum atomic E-state index is 10.8. The van der Waals surface area contributed by atoms with Gasteiger partial charge < -0.3 is 10.8 Å². The van der Waals surface area contributed by atoms with Gasteiger partial charge in [-0.2, -0.15) is 0 Å². The Morgan fingerprint density at radius 1 is 1.19 bits per heavy atom. The molecule has 1 heterocycles. The number of benzene rings is 1. The molecule has 2 fully saturated rings. The first-order chi connectivity index (χ1) is 10.2. The van der Waals surface area contributed by atoms with Crippen molar-refractivity contribution in [2.45, 2.75) is 56.6 Å². The topological polar surface area (TPSA) is 49.5 Å². The summed E-state index contributed by atoms with van der Waals surface area (Å²) in [5.41, 5.74) is 9.35. The zero-order chi connectivity index (χ0) is 14.4. The summed E-state index contributed by atoms with van der Waals surface area (Å²) in [5.74, 6) is 0.484. The van der Waals surface area contributed by atoms with Crippen LogP contribution in [0.1, 0.15) is 55.7 Å². The number of piperidine rings is 1. The van der Waals surface area contributed by atoms with E-state index in [-0.39, 0.29) is 5.60 Å². The number of hydrogen-bond donors (Lipinski definition) is 2. The van der Waals surface area contributed by atoms with Gasteiger partial charge >= 0.3 is 0 Å². The summed E-state index contributed by atoms with van der Waals surface area (Å²) in [6, 6.07) is 6.96. The van der Waals surface area contributed by atoms with Gasteiger partial charge in [0.1, 0.15) is 0 Å². The summed E-state index contributed by atoms with van der Waals surface area (Å²) in [6.45, 7) is 2.12.